The summed E-state index contributed by atoms with van der Waals surface area (Å²) in [6, 6.07) is 15.0. The first-order valence-corrected chi connectivity index (χ1v) is 10.7. The molecule has 0 aliphatic heterocycles. The van der Waals surface area contributed by atoms with E-state index in [-0.39, 0.29) is 5.43 Å². The summed E-state index contributed by atoms with van der Waals surface area (Å²) in [4.78, 5) is 13.2. The van der Waals surface area contributed by atoms with Crippen molar-refractivity contribution in [1.29, 1.82) is 0 Å². The minimum absolute atomic E-state index is 0.194. The van der Waals surface area contributed by atoms with E-state index in [0.29, 0.717) is 53.8 Å². The van der Waals surface area contributed by atoms with Crippen LogP contribution in [0, 0.1) is 5.92 Å². The number of benzene rings is 2. The second-order valence-electron chi connectivity index (χ2n) is 8.07. The van der Waals surface area contributed by atoms with Crippen LogP contribution in [0.15, 0.2) is 70.4 Å². The van der Waals surface area contributed by atoms with Crippen molar-refractivity contribution < 1.29 is 9.15 Å². The Hall–Kier alpha value is -3.74. The van der Waals surface area contributed by atoms with E-state index in [9.17, 15) is 4.79 Å². The van der Waals surface area contributed by atoms with Gasteiger partial charge in [0.15, 0.2) is 11.2 Å². The van der Waals surface area contributed by atoms with Gasteiger partial charge in [-0.25, -0.2) is 4.68 Å². The molecular weight excluding hydrogens is 404 g/mol. The van der Waals surface area contributed by atoms with Gasteiger partial charge in [0.05, 0.1) is 13.2 Å². The molecule has 0 fully saturated rings. The fraction of sp³-hybridized carbons (Fsp3) is 0.280. The average molecular weight is 431 g/mol. The third-order valence-corrected chi connectivity index (χ3v) is 5.17. The average Bonchev–Trinajstić information content (AvgIpc) is 3.23. The molecule has 0 bridgehead atoms. The van der Waals surface area contributed by atoms with Gasteiger partial charge in [-0.3, -0.25) is 4.79 Å². The van der Waals surface area contributed by atoms with E-state index < -0.39 is 0 Å². The number of rotatable bonds is 9. The first kappa shape index (κ1) is 21.5. The van der Waals surface area contributed by atoms with Crippen molar-refractivity contribution in [3.05, 3.63) is 82.5 Å². The molecule has 0 saturated carbocycles. The molecule has 0 amide bonds. The Labute approximate surface area is 186 Å². The lowest BCUT2D eigenvalue weighted by atomic mass is 10.1. The lowest BCUT2D eigenvalue weighted by Crippen LogP contribution is -2.09. The van der Waals surface area contributed by atoms with Gasteiger partial charge in [-0.05, 0) is 46.4 Å². The highest BCUT2D eigenvalue weighted by atomic mass is 16.5. The van der Waals surface area contributed by atoms with E-state index >= 15 is 0 Å². The quantitative estimate of drug-likeness (QED) is 0.360. The van der Waals surface area contributed by atoms with E-state index in [1.807, 2.05) is 42.5 Å². The van der Waals surface area contributed by atoms with E-state index in [0.717, 1.165) is 17.5 Å². The van der Waals surface area contributed by atoms with Gasteiger partial charge in [-0.15, -0.1) is 11.7 Å². The lowest BCUT2D eigenvalue weighted by Gasteiger charge is -2.13. The molecule has 0 atom stereocenters. The first-order chi connectivity index (χ1) is 15.6. The summed E-state index contributed by atoms with van der Waals surface area (Å²) in [6.45, 7) is 9.08. The number of tetrazole rings is 1. The van der Waals surface area contributed by atoms with Crippen LogP contribution in [-0.2, 0) is 13.0 Å². The van der Waals surface area contributed by atoms with E-state index in [1.54, 1.807) is 10.8 Å². The van der Waals surface area contributed by atoms with E-state index in [1.165, 1.54) is 6.07 Å². The van der Waals surface area contributed by atoms with Crippen LogP contribution in [0.2, 0.25) is 0 Å². The van der Waals surface area contributed by atoms with Gasteiger partial charge >= 0.3 is 0 Å². The van der Waals surface area contributed by atoms with Crippen molar-refractivity contribution in [2.45, 2.75) is 33.2 Å². The molecule has 0 spiro atoms. The van der Waals surface area contributed by atoms with E-state index in [2.05, 4.69) is 36.0 Å². The highest BCUT2D eigenvalue weighted by Crippen LogP contribution is 2.30. The van der Waals surface area contributed by atoms with E-state index in [4.69, 9.17) is 9.15 Å². The molecule has 7 heteroatoms. The standard InChI is InChI=1S/C25H26N4O3/c1-4-8-19-11-12-21(31-14-13-17(2)3)23-20(30)15-22(32-24(19)23)25-26-27-28-29(25)16-18-9-6-5-7-10-18/h4-7,9-12,15,17H,1,8,13-14,16H2,2-3H3. The third-order valence-electron chi connectivity index (χ3n) is 5.17. The van der Waals surface area contributed by atoms with Crippen molar-refractivity contribution in [3.63, 3.8) is 0 Å². The smallest absolute Gasteiger partial charge is 0.218 e. The van der Waals surface area contributed by atoms with Crippen LogP contribution in [0.25, 0.3) is 22.6 Å². The predicted molar refractivity (Wildman–Crippen MR) is 124 cm³/mol. The van der Waals surface area contributed by atoms with Crippen LogP contribution < -0.4 is 10.2 Å². The molecule has 0 radical (unpaired) electrons. The predicted octanol–water partition coefficient (Wildman–Crippen LogP) is 4.65. The van der Waals surface area contributed by atoms with Crippen LogP contribution in [0.1, 0.15) is 31.4 Å². The summed E-state index contributed by atoms with van der Waals surface area (Å²) in [5.41, 5.74) is 2.18. The Morgan fingerprint density at radius 1 is 1.19 bits per heavy atom. The minimum Gasteiger partial charge on any atom is -0.493 e. The van der Waals surface area contributed by atoms with Crippen molar-refractivity contribution >= 4 is 11.0 Å². The van der Waals surface area contributed by atoms with Gasteiger partial charge < -0.3 is 9.15 Å². The van der Waals surface area contributed by atoms with Crippen LogP contribution in [0.3, 0.4) is 0 Å². The Kier molecular flexibility index (Phi) is 6.44. The van der Waals surface area contributed by atoms with Crippen LogP contribution in [-0.4, -0.2) is 26.8 Å². The zero-order valence-electron chi connectivity index (χ0n) is 18.3. The zero-order chi connectivity index (χ0) is 22.5. The van der Waals surface area contributed by atoms with Gasteiger partial charge in [0, 0.05) is 6.07 Å². The second-order valence-corrected chi connectivity index (χ2v) is 8.07. The second kappa shape index (κ2) is 9.60. The SMILES string of the molecule is C=CCc1ccc(OCCC(C)C)c2c(=O)cc(-c3nnnn3Cc3ccccc3)oc12. The summed E-state index contributed by atoms with van der Waals surface area (Å²) in [5.74, 6) is 1.74. The molecule has 7 nitrogen and oxygen atoms in total. The van der Waals surface area contributed by atoms with Gasteiger partial charge in [-0.2, -0.15) is 0 Å². The first-order valence-electron chi connectivity index (χ1n) is 10.7. The number of aromatic nitrogens is 4. The Morgan fingerprint density at radius 2 is 2.00 bits per heavy atom. The number of hydrogen-bond donors (Lipinski definition) is 0. The molecule has 0 unspecified atom stereocenters. The van der Waals surface area contributed by atoms with Crippen LogP contribution >= 0.6 is 0 Å². The summed E-state index contributed by atoms with van der Waals surface area (Å²) >= 11 is 0. The van der Waals surface area contributed by atoms with Crippen molar-refractivity contribution in [3.8, 4) is 17.3 Å². The maximum absolute atomic E-state index is 13.2. The zero-order valence-corrected chi connectivity index (χ0v) is 18.3. The Balaban J connectivity index is 1.78. The molecule has 4 rings (SSSR count). The van der Waals surface area contributed by atoms with Crippen molar-refractivity contribution in [2.75, 3.05) is 6.61 Å². The molecule has 4 aromatic rings. The maximum atomic E-state index is 13.2. The fourth-order valence-corrected chi connectivity index (χ4v) is 3.48. The fourth-order valence-electron chi connectivity index (χ4n) is 3.48. The monoisotopic (exact) mass is 430 g/mol. The topological polar surface area (TPSA) is 83.0 Å². The molecule has 0 aliphatic rings. The highest BCUT2D eigenvalue weighted by molar-refractivity contribution is 5.87. The molecule has 2 aromatic heterocycles. The molecule has 2 aromatic carbocycles. The number of nitrogens with zero attached hydrogens (tertiary/aromatic N) is 4. The molecule has 164 valence electrons. The normalized spacial score (nSPS) is 11.2. The Bertz CT molecular complexity index is 1280. The highest BCUT2D eigenvalue weighted by Gasteiger charge is 2.19. The van der Waals surface area contributed by atoms with Crippen molar-refractivity contribution in [1.82, 2.24) is 20.2 Å². The van der Waals surface area contributed by atoms with Crippen molar-refractivity contribution in [2.24, 2.45) is 5.92 Å². The molecule has 0 aliphatic carbocycles. The maximum Gasteiger partial charge on any atom is 0.218 e. The molecule has 2 heterocycles. The van der Waals surface area contributed by atoms with Gasteiger partial charge in [0.2, 0.25) is 5.82 Å². The molecular formula is C25H26N4O3. The third kappa shape index (κ3) is 4.61. The minimum atomic E-state index is -0.194. The summed E-state index contributed by atoms with van der Waals surface area (Å²) in [6.07, 6.45) is 3.23. The Morgan fingerprint density at radius 3 is 2.75 bits per heavy atom. The largest absolute Gasteiger partial charge is 0.493 e. The molecule has 0 saturated heterocycles. The number of fused-ring (bicyclic) bond motifs is 1. The summed E-state index contributed by atoms with van der Waals surface area (Å²) in [5, 5.41) is 12.4. The van der Waals surface area contributed by atoms with Crippen LogP contribution in [0.5, 0.6) is 5.75 Å². The molecule has 0 N–H and O–H groups in total. The number of allylic oxidation sites excluding steroid dienone is 1. The number of ether oxygens (including phenoxy) is 1. The van der Waals surface area contributed by atoms with Gasteiger partial charge in [-0.1, -0.05) is 56.3 Å². The number of hydrogen-bond acceptors (Lipinski definition) is 6. The summed E-state index contributed by atoms with van der Waals surface area (Å²) < 4.78 is 13.8. The lowest BCUT2D eigenvalue weighted by molar-refractivity contribution is 0.292. The van der Waals surface area contributed by atoms with Crippen LogP contribution in [0.4, 0.5) is 0 Å². The van der Waals surface area contributed by atoms with Gasteiger partial charge in [0.1, 0.15) is 16.7 Å². The summed E-state index contributed by atoms with van der Waals surface area (Å²) in [7, 11) is 0. The van der Waals surface area contributed by atoms with Gasteiger partial charge in [0.25, 0.3) is 0 Å². The molecule has 32 heavy (non-hydrogen) atoms.